The number of amides is 3. The number of urea groups is 1. The van der Waals surface area contributed by atoms with Gasteiger partial charge in [-0.15, -0.1) is 0 Å². The van der Waals surface area contributed by atoms with Gasteiger partial charge in [0.2, 0.25) is 0 Å². The van der Waals surface area contributed by atoms with Crippen molar-refractivity contribution in [2.75, 3.05) is 0 Å². The zero-order chi connectivity index (χ0) is 18.5. The summed E-state index contributed by atoms with van der Waals surface area (Å²) in [4.78, 5) is 25.9. The molecule has 1 saturated heterocycles. The van der Waals surface area contributed by atoms with E-state index in [0.29, 0.717) is 0 Å². The summed E-state index contributed by atoms with van der Waals surface area (Å²) in [5, 5.41) is 2.65. The van der Waals surface area contributed by atoms with Crippen LogP contribution in [0.5, 0.6) is 5.75 Å². The van der Waals surface area contributed by atoms with Crippen LogP contribution in [0.25, 0.3) is 6.08 Å². The third kappa shape index (κ3) is 4.11. The Balaban J connectivity index is 1.71. The lowest BCUT2D eigenvalue weighted by Gasteiger charge is -2.12. The maximum Gasteiger partial charge on any atom is 0.329 e. The van der Waals surface area contributed by atoms with E-state index in [-0.39, 0.29) is 24.3 Å². The second kappa shape index (κ2) is 7.87. The molecule has 1 N–H and O–H groups in total. The predicted octanol–water partition coefficient (Wildman–Crippen LogP) is 3.96. The topological polar surface area (TPSA) is 58.6 Å². The van der Waals surface area contributed by atoms with Gasteiger partial charge in [-0.25, -0.2) is 4.79 Å². The second-order valence-electron chi connectivity index (χ2n) is 6.27. The predicted molar refractivity (Wildman–Crippen MR) is 100 cm³/mol. The van der Waals surface area contributed by atoms with E-state index in [0.717, 1.165) is 23.3 Å². The summed E-state index contributed by atoms with van der Waals surface area (Å²) in [6.45, 7) is 4.34. The zero-order valence-electron chi connectivity index (χ0n) is 14.9. The number of nitrogens with one attached hydrogen (secondary N) is 1. The van der Waals surface area contributed by atoms with E-state index in [2.05, 4.69) is 12.2 Å². The van der Waals surface area contributed by atoms with E-state index in [1.807, 2.05) is 61.5 Å². The number of imide groups is 1. The molecule has 2 aromatic rings. The van der Waals surface area contributed by atoms with Gasteiger partial charge in [0, 0.05) is 0 Å². The molecule has 26 heavy (non-hydrogen) atoms. The van der Waals surface area contributed by atoms with Crippen molar-refractivity contribution in [3.63, 3.8) is 0 Å². The lowest BCUT2D eigenvalue weighted by atomic mass is 10.1. The minimum atomic E-state index is -0.401. The van der Waals surface area contributed by atoms with Crippen molar-refractivity contribution < 1.29 is 14.3 Å². The maximum atomic E-state index is 12.5. The van der Waals surface area contributed by atoms with Gasteiger partial charge in [-0.2, -0.15) is 0 Å². The Bertz CT molecular complexity index is 813. The molecule has 5 nitrogen and oxygen atoms in total. The quantitative estimate of drug-likeness (QED) is 0.634. The highest BCUT2D eigenvalue weighted by Crippen LogP contribution is 2.19. The maximum absolute atomic E-state index is 12.5. The van der Waals surface area contributed by atoms with Crippen molar-refractivity contribution in [1.82, 2.24) is 10.2 Å². The summed E-state index contributed by atoms with van der Waals surface area (Å²) < 4.78 is 5.74. The van der Waals surface area contributed by atoms with Gasteiger partial charge in [0.25, 0.3) is 5.91 Å². The molecule has 2 aromatic carbocycles. The van der Waals surface area contributed by atoms with Crippen molar-refractivity contribution in [3.05, 3.63) is 71.4 Å². The van der Waals surface area contributed by atoms with Crippen LogP contribution in [0.2, 0.25) is 0 Å². The Morgan fingerprint density at radius 3 is 2.42 bits per heavy atom. The fourth-order valence-electron chi connectivity index (χ4n) is 2.61. The van der Waals surface area contributed by atoms with Gasteiger partial charge in [0.05, 0.1) is 12.6 Å². The van der Waals surface area contributed by atoms with Crippen molar-refractivity contribution in [2.45, 2.75) is 32.9 Å². The number of rotatable bonds is 6. The standard InChI is InChI=1S/C21H22N2O3/c1-3-15(2)26-18-11-9-16(10-12-18)13-19-20(24)23(21(25)22-19)14-17-7-5-4-6-8-17/h4-13,15H,3,14H2,1-2H3,(H,22,25)/b19-13-/t15-/m0/s1. The Morgan fingerprint density at radius 1 is 1.08 bits per heavy atom. The number of carbonyl (C=O) groups is 2. The molecule has 1 atom stereocenters. The minimum absolute atomic E-state index is 0.154. The van der Waals surface area contributed by atoms with Crippen molar-refractivity contribution in [2.24, 2.45) is 0 Å². The normalized spacial score (nSPS) is 16.7. The van der Waals surface area contributed by atoms with Crippen LogP contribution in [0.4, 0.5) is 4.79 Å². The highest BCUT2D eigenvalue weighted by molar-refractivity contribution is 6.13. The molecule has 5 heteroatoms. The molecule has 0 bridgehead atoms. The number of hydrogen-bond acceptors (Lipinski definition) is 3. The summed E-state index contributed by atoms with van der Waals surface area (Å²) in [5.74, 6) is 0.466. The molecule has 3 amide bonds. The minimum Gasteiger partial charge on any atom is -0.491 e. The van der Waals surface area contributed by atoms with Crippen LogP contribution < -0.4 is 10.1 Å². The molecule has 3 rings (SSSR count). The average molecular weight is 350 g/mol. The average Bonchev–Trinajstić information content (AvgIpc) is 2.91. The van der Waals surface area contributed by atoms with Crippen molar-refractivity contribution in [1.29, 1.82) is 0 Å². The number of hydrogen-bond donors (Lipinski definition) is 1. The van der Waals surface area contributed by atoms with E-state index in [4.69, 9.17) is 4.74 Å². The fourth-order valence-corrected chi connectivity index (χ4v) is 2.61. The SMILES string of the molecule is CC[C@H](C)Oc1ccc(/C=C2\NC(=O)N(Cc3ccccc3)C2=O)cc1. The smallest absolute Gasteiger partial charge is 0.329 e. The van der Waals surface area contributed by atoms with E-state index in [1.165, 1.54) is 4.90 Å². The van der Waals surface area contributed by atoms with Crippen LogP contribution in [0.15, 0.2) is 60.3 Å². The largest absolute Gasteiger partial charge is 0.491 e. The van der Waals surface area contributed by atoms with Crippen molar-refractivity contribution in [3.8, 4) is 5.75 Å². The van der Waals surface area contributed by atoms with Gasteiger partial charge in [0.1, 0.15) is 11.4 Å². The molecule has 0 aromatic heterocycles. The van der Waals surface area contributed by atoms with E-state index >= 15 is 0 Å². The third-order valence-electron chi connectivity index (χ3n) is 4.25. The zero-order valence-corrected chi connectivity index (χ0v) is 14.9. The second-order valence-corrected chi connectivity index (χ2v) is 6.27. The first-order chi connectivity index (χ1) is 12.6. The Hall–Kier alpha value is -3.08. The molecule has 1 aliphatic rings. The highest BCUT2D eigenvalue weighted by atomic mass is 16.5. The number of ether oxygens (including phenoxy) is 1. The highest BCUT2D eigenvalue weighted by Gasteiger charge is 2.33. The lowest BCUT2D eigenvalue weighted by Crippen LogP contribution is -2.30. The van der Waals surface area contributed by atoms with Crippen LogP contribution in [-0.2, 0) is 11.3 Å². The molecule has 1 aliphatic heterocycles. The summed E-state index contributed by atoms with van der Waals surface area (Å²) >= 11 is 0. The Labute approximate surface area is 153 Å². The Kier molecular flexibility index (Phi) is 5.37. The summed E-state index contributed by atoms with van der Waals surface area (Å²) in [5.41, 5.74) is 2.01. The molecule has 0 unspecified atom stereocenters. The van der Waals surface area contributed by atoms with Crippen LogP contribution in [0, 0.1) is 0 Å². The third-order valence-corrected chi connectivity index (χ3v) is 4.25. The number of benzene rings is 2. The molecule has 1 fully saturated rings. The van der Waals surface area contributed by atoms with Crippen molar-refractivity contribution >= 4 is 18.0 Å². The summed E-state index contributed by atoms with van der Waals surface area (Å²) in [6, 6.07) is 16.5. The molecule has 0 saturated carbocycles. The first-order valence-corrected chi connectivity index (χ1v) is 8.72. The van der Waals surface area contributed by atoms with Crippen LogP contribution >= 0.6 is 0 Å². The number of nitrogens with zero attached hydrogens (tertiary/aromatic N) is 1. The van der Waals surface area contributed by atoms with E-state index < -0.39 is 6.03 Å². The molecular weight excluding hydrogens is 328 g/mol. The first-order valence-electron chi connectivity index (χ1n) is 8.72. The van der Waals surface area contributed by atoms with Gasteiger partial charge in [-0.3, -0.25) is 9.69 Å². The van der Waals surface area contributed by atoms with Gasteiger partial charge < -0.3 is 10.1 Å². The monoisotopic (exact) mass is 350 g/mol. The molecule has 0 radical (unpaired) electrons. The molecule has 1 heterocycles. The van der Waals surface area contributed by atoms with Gasteiger partial charge in [-0.1, -0.05) is 49.4 Å². The van der Waals surface area contributed by atoms with Crippen LogP contribution in [0.3, 0.4) is 0 Å². The first kappa shape index (κ1) is 17.7. The summed E-state index contributed by atoms with van der Waals surface area (Å²) in [6.07, 6.45) is 2.77. The Morgan fingerprint density at radius 2 is 1.77 bits per heavy atom. The lowest BCUT2D eigenvalue weighted by molar-refractivity contribution is -0.123. The number of carbonyl (C=O) groups excluding carboxylic acids is 2. The molecule has 134 valence electrons. The molecule has 0 spiro atoms. The van der Waals surface area contributed by atoms with Gasteiger partial charge in [0.15, 0.2) is 0 Å². The van der Waals surface area contributed by atoms with Gasteiger partial charge in [-0.05, 0) is 42.7 Å². The molecule has 0 aliphatic carbocycles. The van der Waals surface area contributed by atoms with E-state index in [1.54, 1.807) is 6.08 Å². The molecular formula is C21H22N2O3. The van der Waals surface area contributed by atoms with Crippen LogP contribution in [0.1, 0.15) is 31.4 Å². The van der Waals surface area contributed by atoms with Crippen LogP contribution in [-0.4, -0.2) is 22.9 Å². The van der Waals surface area contributed by atoms with Gasteiger partial charge >= 0.3 is 6.03 Å². The fraction of sp³-hybridized carbons (Fsp3) is 0.238. The summed E-state index contributed by atoms with van der Waals surface area (Å²) in [7, 11) is 0. The van der Waals surface area contributed by atoms with E-state index in [9.17, 15) is 9.59 Å².